The third-order valence-corrected chi connectivity index (χ3v) is 3.61. The van der Waals surface area contributed by atoms with Gasteiger partial charge in [0.15, 0.2) is 17.5 Å². The van der Waals surface area contributed by atoms with Crippen molar-refractivity contribution in [3.05, 3.63) is 53.0 Å². The standard InChI is InChI=1S/C16H12F3N3O2/c17-11-3-12(18)14(13(19)4-11)20-5-8-1-9-2-10(16(23)24)7-22-15(9)21-6-8/h1,3-4,6-7,10,20H,2,5H2,(H,23,24). The first kappa shape index (κ1) is 16.0. The predicted molar refractivity (Wildman–Crippen MR) is 80.9 cm³/mol. The number of carboxylic acid groups (broad SMARTS) is 1. The van der Waals surface area contributed by atoms with Gasteiger partial charge in [-0.05, 0) is 23.6 Å². The monoisotopic (exact) mass is 335 g/mol. The topological polar surface area (TPSA) is 74.6 Å². The van der Waals surface area contributed by atoms with Gasteiger partial charge in [0.1, 0.15) is 11.5 Å². The molecule has 0 saturated heterocycles. The number of halogens is 3. The van der Waals surface area contributed by atoms with E-state index in [-0.39, 0.29) is 13.0 Å². The van der Waals surface area contributed by atoms with Crippen molar-refractivity contribution >= 4 is 23.7 Å². The number of carboxylic acids is 1. The van der Waals surface area contributed by atoms with Crippen LogP contribution in [0.1, 0.15) is 11.1 Å². The number of anilines is 1. The van der Waals surface area contributed by atoms with Crippen LogP contribution in [0.5, 0.6) is 0 Å². The van der Waals surface area contributed by atoms with E-state index in [0.717, 1.165) is 0 Å². The Balaban J connectivity index is 1.77. The zero-order chi connectivity index (χ0) is 17.3. The highest BCUT2D eigenvalue weighted by Crippen LogP contribution is 2.26. The minimum atomic E-state index is -1.03. The fourth-order valence-corrected chi connectivity index (χ4v) is 2.42. The molecule has 124 valence electrons. The Kier molecular flexibility index (Phi) is 4.20. The summed E-state index contributed by atoms with van der Waals surface area (Å²) in [6.07, 6.45) is 3.05. The molecule has 0 spiro atoms. The van der Waals surface area contributed by atoms with E-state index in [9.17, 15) is 18.0 Å². The Morgan fingerprint density at radius 3 is 2.62 bits per heavy atom. The van der Waals surface area contributed by atoms with Crippen LogP contribution in [-0.4, -0.2) is 22.3 Å². The minimum absolute atomic E-state index is 0.0429. The van der Waals surface area contributed by atoms with Crippen LogP contribution < -0.4 is 5.32 Å². The highest BCUT2D eigenvalue weighted by atomic mass is 19.1. The third-order valence-electron chi connectivity index (χ3n) is 3.61. The van der Waals surface area contributed by atoms with E-state index in [1.807, 2.05) is 0 Å². The van der Waals surface area contributed by atoms with E-state index >= 15 is 0 Å². The molecule has 2 N–H and O–H groups in total. The molecule has 0 fully saturated rings. The molecule has 0 aliphatic carbocycles. The molecule has 0 radical (unpaired) electrons. The largest absolute Gasteiger partial charge is 0.481 e. The smallest absolute Gasteiger partial charge is 0.312 e. The molecule has 1 aliphatic rings. The number of pyridine rings is 1. The molecule has 1 aromatic heterocycles. The number of fused-ring (bicyclic) bond motifs is 1. The average molecular weight is 335 g/mol. The van der Waals surface area contributed by atoms with Crippen LogP contribution >= 0.6 is 0 Å². The summed E-state index contributed by atoms with van der Waals surface area (Å²) in [5.41, 5.74) is 0.804. The van der Waals surface area contributed by atoms with Gasteiger partial charge in [0.25, 0.3) is 0 Å². The lowest BCUT2D eigenvalue weighted by atomic mass is 9.97. The number of benzene rings is 1. The quantitative estimate of drug-likeness (QED) is 0.900. The second-order valence-electron chi connectivity index (χ2n) is 5.35. The van der Waals surface area contributed by atoms with Gasteiger partial charge in [-0.15, -0.1) is 0 Å². The number of aromatic nitrogens is 1. The second-order valence-corrected chi connectivity index (χ2v) is 5.35. The highest BCUT2D eigenvalue weighted by Gasteiger charge is 2.22. The molecule has 24 heavy (non-hydrogen) atoms. The minimum Gasteiger partial charge on any atom is -0.481 e. The highest BCUT2D eigenvalue weighted by molar-refractivity contribution is 5.91. The normalized spacial score (nSPS) is 15.9. The summed E-state index contributed by atoms with van der Waals surface area (Å²) in [5.74, 6) is -4.35. The van der Waals surface area contributed by atoms with Crippen LogP contribution in [0.25, 0.3) is 0 Å². The van der Waals surface area contributed by atoms with Crippen molar-refractivity contribution in [1.29, 1.82) is 0 Å². The maximum absolute atomic E-state index is 13.6. The first-order chi connectivity index (χ1) is 11.4. The molecule has 2 aromatic rings. The number of hydrogen-bond acceptors (Lipinski definition) is 4. The van der Waals surface area contributed by atoms with Gasteiger partial charge in [0, 0.05) is 31.1 Å². The van der Waals surface area contributed by atoms with E-state index in [2.05, 4.69) is 15.3 Å². The molecule has 0 amide bonds. The SMILES string of the molecule is O=C(O)C1C=Nc2ncc(CNc3c(F)cc(F)cc3F)cc2C1. The molecule has 0 bridgehead atoms. The van der Waals surface area contributed by atoms with Crippen molar-refractivity contribution < 1.29 is 23.1 Å². The number of nitrogens with one attached hydrogen (secondary N) is 1. The van der Waals surface area contributed by atoms with Gasteiger partial charge in [-0.25, -0.2) is 23.1 Å². The van der Waals surface area contributed by atoms with E-state index in [1.165, 1.54) is 12.4 Å². The third kappa shape index (κ3) is 3.22. The average Bonchev–Trinajstić information content (AvgIpc) is 2.53. The van der Waals surface area contributed by atoms with Crippen molar-refractivity contribution in [2.24, 2.45) is 10.9 Å². The van der Waals surface area contributed by atoms with Crippen molar-refractivity contribution in [2.45, 2.75) is 13.0 Å². The molecule has 3 rings (SSSR count). The predicted octanol–water partition coefficient (Wildman–Crippen LogP) is 3.07. The number of nitrogens with zero attached hydrogens (tertiary/aromatic N) is 2. The van der Waals surface area contributed by atoms with Crippen LogP contribution in [0.3, 0.4) is 0 Å². The second kappa shape index (κ2) is 6.31. The molecule has 1 unspecified atom stereocenters. The zero-order valence-corrected chi connectivity index (χ0v) is 12.3. The summed E-state index contributed by atoms with van der Waals surface area (Å²) >= 11 is 0. The summed E-state index contributed by atoms with van der Waals surface area (Å²) in [7, 11) is 0. The molecule has 2 heterocycles. The van der Waals surface area contributed by atoms with Gasteiger partial charge < -0.3 is 10.4 Å². The number of aliphatic imine (C=N–C) groups is 1. The molecule has 1 atom stereocenters. The summed E-state index contributed by atoms with van der Waals surface area (Å²) in [5, 5.41) is 11.6. The van der Waals surface area contributed by atoms with E-state index in [1.54, 1.807) is 6.07 Å². The van der Waals surface area contributed by atoms with Gasteiger partial charge in [-0.2, -0.15) is 0 Å². The first-order valence-corrected chi connectivity index (χ1v) is 7.07. The lowest BCUT2D eigenvalue weighted by molar-refractivity contribution is -0.139. The molecule has 1 aromatic carbocycles. The molecule has 8 heteroatoms. The molecular formula is C16H12F3N3O2. The van der Waals surface area contributed by atoms with Crippen LogP contribution in [0.15, 0.2) is 29.4 Å². The number of aliphatic carboxylic acids is 1. The van der Waals surface area contributed by atoms with Crippen LogP contribution in [0.2, 0.25) is 0 Å². The molecule has 1 aliphatic heterocycles. The Morgan fingerprint density at radius 2 is 1.96 bits per heavy atom. The van der Waals surface area contributed by atoms with Gasteiger partial charge in [0.05, 0.1) is 5.92 Å². The molecule has 0 saturated carbocycles. The summed E-state index contributed by atoms with van der Waals surface area (Å²) in [4.78, 5) is 19.1. The lowest BCUT2D eigenvalue weighted by Crippen LogP contribution is -2.20. The van der Waals surface area contributed by atoms with Crippen molar-refractivity contribution in [3.8, 4) is 0 Å². The Labute approximate surface area is 134 Å². The van der Waals surface area contributed by atoms with E-state index < -0.39 is 35.0 Å². The maximum atomic E-state index is 13.6. The Hall–Kier alpha value is -2.90. The van der Waals surface area contributed by atoms with Gasteiger partial charge in [-0.3, -0.25) is 4.79 Å². The van der Waals surface area contributed by atoms with E-state index in [4.69, 9.17) is 5.11 Å². The van der Waals surface area contributed by atoms with Crippen LogP contribution in [0.4, 0.5) is 24.7 Å². The summed E-state index contributed by atoms with van der Waals surface area (Å²) in [6, 6.07) is 2.85. The molecule has 5 nitrogen and oxygen atoms in total. The Morgan fingerprint density at radius 1 is 1.25 bits per heavy atom. The number of rotatable bonds is 4. The van der Waals surface area contributed by atoms with Gasteiger partial charge in [-0.1, -0.05) is 0 Å². The number of carbonyl (C=O) groups is 1. The first-order valence-electron chi connectivity index (χ1n) is 7.07. The summed E-state index contributed by atoms with van der Waals surface area (Å²) < 4.78 is 40.1. The van der Waals surface area contributed by atoms with Crippen molar-refractivity contribution in [1.82, 2.24) is 4.98 Å². The Bertz CT molecular complexity index is 816. The van der Waals surface area contributed by atoms with E-state index in [0.29, 0.717) is 29.1 Å². The van der Waals surface area contributed by atoms with Crippen molar-refractivity contribution in [3.63, 3.8) is 0 Å². The lowest BCUT2D eigenvalue weighted by Gasteiger charge is -2.16. The number of hydrogen-bond donors (Lipinski definition) is 2. The maximum Gasteiger partial charge on any atom is 0.312 e. The zero-order valence-electron chi connectivity index (χ0n) is 12.3. The fourth-order valence-electron chi connectivity index (χ4n) is 2.42. The molecular weight excluding hydrogens is 323 g/mol. The summed E-state index contributed by atoms with van der Waals surface area (Å²) in [6.45, 7) is 0.0429. The van der Waals surface area contributed by atoms with Gasteiger partial charge in [0.2, 0.25) is 0 Å². The van der Waals surface area contributed by atoms with Crippen LogP contribution in [0, 0.1) is 23.4 Å². The van der Waals surface area contributed by atoms with Crippen molar-refractivity contribution in [2.75, 3.05) is 5.32 Å². The fraction of sp³-hybridized carbons (Fsp3) is 0.188. The van der Waals surface area contributed by atoms with Crippen LogP contribution in [-0.2, 0) is 17.8 Å². The van der Waals surface area contributed by atoms with Gasteiger partial charge >= 0.3 is 5.97 Å².